The van der Waals surface area contributed by atoms with E-state index in [2.05, 4.69) is 40.4 Å². The topological polar surface area (TPSA) is 60.6 Å². The number of aromatic nitrogens is 5. The molecule has 0 aliphatic carbocycles. The van der Waals surface area contributed by atoms with Crippen LogP contribution in [-0.4, -0.2) is 30.9 Å². The van der Waals surface area contributed by atoms with E-state index in [1.54, 1.807) is 6.33 Å². The quantitative estimate of drug-likeness (QED) is 0.744. The normalized spacial score (nSPS) is 11.0. The van der Waals surface area contributed by atoms with Gasteiger partial charge in [0.05, 0.1) is 18.6 Å². The van der Waals surface area contributed by atoms with Crippen LogP contribution in [0.2, 0.25) is 0 Å². The number of rotatable bonds is 7. The molecule has 0 saturated carbocycles. The molecule has 2 rings (SSSR count). The lowest BCUT2D eigenvalue weighted by Gasteiger charge is -2.03. The van der Waals surface area contributed by atoms with Crippen LogP contribution >= 0.6 is 0 Å². The van der Waals surface area contributed by atoms with E-state index in [9.17, 15) is 0 Å². The molecule has 0 atom stereocenters. The molecule has 0 fully saturated rings. The van der Waals surface area contributed by atoms with E-state index < -0.39 is 0 Å². The summed E-state index contributed by atoms with van der Waals surface area (Å²) in [6.07, 6.45) is 6.63. The van der Waals surface area contributed by atoms with Gasteiger partial charge in [-0.25, -0.2) is 14.6 Å². The van der Waals surface area contributed by atoms with Crippen LogP contribution in [0.15, 0.2) is 18.9 Å². The number of hydrogen-bond acceptors (Lipinski definition) is 4. The van der Waals surface area contributed by atoms with Gasteiger partial charge < -0.3 is 9.88 Å². The van der Waals surface area contributed by atoms with Crippen molar-refractivity contribution >= 4 is 0 Å². The second-order valence-corrected chi connectivity index (χ2v) is 4.21. The largest absolute Gasteiger partial charge is 0.330 e. The van der Waals surface area contributed by atoms with Crippen molar-refractivity contribution in [1.82, 2.24) is 29.6 Å². The molecular formula is C12H20N6. The van der Waals surface area contributed by atoms with E-state index in [0.717, 1.165) is 37.6 Å². The van der Waals surface area contributed by atoms with Gasteiger partial charge in [-0.05, 0) is 19.9 Å². The fourth-order valence-corrected chi connectivity index (χ4v) is 1.82. The highest BCUT2D eigenvalue weighted by Gasteiger charge is 2.04. The average Bonchev–Trinajstić information content (AvgIpc) is 2.99. The number of aryl methyl sites for hydroxylation is 1. The van der Waals surface area contributed by atoms with Gasteiger partial charge in [-0.15, -0.1) is 0 Å². The summed E-state index contributed by atoms with van der Waals surface area (Å²) in [6.45, 7) is 7.62. The van der Waals surface area contributed by atoms with E-state index in [0.29, 0.717) is 6.54 Å². The molecule has 0 bridgehead atoms. The molecule has 0 saturated heterocycles. The molecule has 2 aromatic heterocycles. The Morgan fingerprint density at radius 2 is 2.17 bits per heavy atom. The molecular weight excluding hydrogens is 228 g/mol. The summed E-state index contributed by atoms with van der Waals surface area (Å²) in [5, 5.41) is 7.49. The molecule has 0 radical (unpaired) electrons. The van der Waals surface area contributed by atoms with Crippen molar-refractivity contribution in [2.45, 2.75) is 39.9 Å². The van der Waals surface area contributed by atoms with Crippen molar-refractivity contribution < 1.29 is 0 Å². The molecule has 1 N–H and O–H groups in total. The molecule has 6 nitrogen and oxygen atoms in total. The zero-order valence-corrected chi connectivity index (χ0v) is 11.0. The molecule has 0 unspecified atom stereocenters. The lowest BCUT2D eigenvalue weighted by atomic mass is 10.4. The first-order valence-corrected chi connectivity index (χ1v) is 6.41. The third-order valence-corrected chi connectivity index (χ3v) is 2.74. The molecule has 0 aromatic carbocycles. The van der Waals surface area contributed by atoms with Crippen LogP contribution in [-0.2, 0) is 19.6 Å². The fraction of sp³-hybridized carbons (Fsp3) is 0.583. The molecule has 0 aliphatic rings. The minimum absolute atomic E-state index is 0.717. The van der Waals surface area contributed by atoms with Gasteiger partial charge in [-0.3, -0.25) is 0 Å². The second-order valence-electron chi connectivity index (χ2n) is 4.21. The minimum atomic E-state index is 0.717. The Hall–Kier alpha value is -1.69. The number of hydrogen-bond donors (Lipinski definition) is 1. The predicted octanol–water partition coefficient (Wildman–Crippen LogP) is 1.04. The average molecular weight is 248 g/mol. The van der Waals surface area contributed by atoms with Gasteiger partial charge in [0.2, 0.25) is 0 Å². The molecule has 0 spiro atoms. The molecule has 2 heterocycles. The van der Waals surface area contributed by atoms with Crippen LogP contribution in [0.4, 0.5) is 0 Å². The monoisotopic (exact) mass is 248 g/mol. The lowest BCUT2D eigenvalue weighted by molar-refractivity contribution is 0.591. The zero-order valence-electron chi connectivity index (χ0n) is 11.0. The van der Waals surface area contributed by atoms with Crippen LogP contribution in [0, 0.1) is 0 Å². The standard InChI is InChI=1S/C12H20N6/c1-3-5-13-6-11-7-17(10-15-11)8-12-14-9-16-18(12)4-2/h7,9-10,13H,3-6,8H2,1-2H3. The second kappa shape index (κ2) is 6.30. The maximum Gasteiger partial charge on any atom is 0.146 e. The molecule has 2 aromatic rings. The van der Waals surface area contributed by atoms with Gasteiger partial charge in [0, 0.05) is 19.3 Å². The van der Waals surface area contributed by atoms with Crippen LogP contribution in [0.3, 0.4) is 0 Å². The van der Waals surface area contributed by atoms with Crippen LogP contribution < -0.4 is 5.32 Å². The summed E-state index contributed by atoms with van der Waals surface area (Å²) in [5.74, 6) is 0.961. The van der Waals surface area contributed by atoms with Crippen molar-refractivity contribution in [3.63, 3.8) is 0 Å². The maximum absolute atomic E-state index is 4.37. The van der Waals surface area contributed by atoms with Crippen molar-refractivity contribution in [3.8, 4) is 0 Å². The summed E-state index contributed by atoms with van der Waals surface area (Å²) in [4.78, 5) is 8.62. The van der Waals surface area contributed by atoms with Gasteiger partial charge in [-0.2, -0.15) is 5.10 Å². The summed E-state index contributed by atoms with van der Waals surface area (Å²) >= 11 is 0. The Balaban J connectivity index is 1.94. The van der Waals surface area contributed by atoms with E-state index >= 15 is 0 Å². The van der Waals surface area contributed by atoms with E-state index in [1.165, 1.54) is 0 Å². The molecule has 0 amide bonds. The van der Waals surface area contributed by atoms with Crippen molar-refractivity contribution in [1.29, 1.82) is 0 Å². The third-order valence-electron chi connectivity index (χ3n) is 2.74. The van der Waals surface area contributed by atoms with Gasteiger partial charge in [-0.1, -0.05) is 6.92 Å². The number of nitrogens with zero attached hydrogens (tertiary/aromatic N) is 5. The maximum atomic E-state index is 4.37. The number of imidazole rings is 1. The Labute approximate surface area is 107 Å². The SMILES string of the molecule is CCCNCc1cn(Cc2ncnn2CC)cn1. The van der Waals surface area contributed by atoms with E-state index in [4.69, 9.17) is 0 Å². The Morgan fingerprint density at radius 1 is 1.28 bits per heavy atom. The molecule has 6 heteroatoms. The summed E-state index contributed by atoms with van der Waals surface area (Å²) < 4.78 is 3.94. The molecule has 0 aliphatic heterocycles. The summed E-state index contributed by atoms with van der Waals surface area (Å²) in [6, 6.07) is 0. The van der Waals surface area contributed by atoms with E-state index in [-0.39, 0.29) is 0 Å². The van der Waals surface area contributed by atoms with Crippen LogP contribution in [0.5, 0.6) is 0 Å². The van der Waals surface area contributed by atoms with Crippen molar-refractivity contribution in [3.05, 3.63) is 30.4 Å². The summed E-state index contributed by atoms with van der Waals surface area (Å²) in [7, 11) is 0. The highest BCUT2D eigenvalue weighted by molar-refractivity contribution is 4.98. The summed E-state index contributed by atoms with van der Waals surface area (Å²) in [5.41, 5.74) is 1.06. The third kappa shape index (κ3) is 3.16. The first kappa shape index (κ1) is 12.8. The van der Waals surface area contributed by atoms with Gasteiger partial charge in [0.15, 0.2) is 0 Å². The lowest BCUT2D eigenvalue weighted by Crippen LogP contribution is -2.14. The van der Waals surface area contributed by atoms with Crippen molar-refractivity contribution in [2.75, 3.05) is 6.54 Å². The Kier molecular flexibility index (Phi) is 4.46. The van der Waals surface area contributed by atoms with Gasteiger partial charge in [0.25, 0.3) is 0 Å². The predicted molar refractivity (Wildman–Crippen MR) is 69.0 cm³/mol. The van der Waals surface area contributed by atoms with Crippen molar-refractivity contribution in [2.24, 2.45) is 0 Å². The van der Waals surface area contributed by atoms with E-state index in [1.807, 2.05) is 15.6 Å². The first-order chi connectivity index (χ1) is 8.83. The Morgan fingerprint density at radius 3 is 2.94 bits per heavy atom. The molecule has 98 valence electrons. The smallest absolute Gasteiger partial charge is 0.146 e. The van der Waals surface area contributed by atoms with Gasteiger partial charge in [0.1, 0.15) is 12.2 Å². The zero-order chi connectivity index (χ0) is 12.8. The first-order valence-electron chi connectivity index (χ1n) is 6.41. The fourth-order valence-electron chi connectivity index (χ4n) is 1.82. The number of nitrogens with one attached hydrogen (secondary N) is 1. The highest BCUT2D eigenvalue weighted by Crippen LogP contribution is 2.01. The minimum Gasteiger partial charge on any atom is -0.330 e. The Bertz CT molecular complexity index is 472. The van der Waals surface area contributed by atoms with Crippen LogP contribution in [0.1, 0.15) is 31.8 Å². The van der Waals surface area contributed by atoms with Crippen LogP contribution in [0.25, 0.3) is 0 Å². The van der Waals surface area contributed by atoms with Gasteiger partial charge >= 0.3 is 0 Å². The molecule has 18 heavy (non-hydrogen) atoms. The highest BCUT2D eigenvalue weighted by atomic mass is 15.3.